The van der Waals surface area contributed by atoms with Crippen LogP contribution in [0.25, 0.3) is 6.08 Å². The van der Waals surface area contributed by atoms with Gasteiger partial charge < -0.3 is 9.47 Å². The first-order valence-electron chi connectivity index (χ1n) is 10.9. The average molecular weight is 513 g/mol. The summed E-state index contributed by atoms with van der Waals surface area (Å²) in [6.45, 7) is 6.13. The summed E-state index contributed by atoms with van der Waals surface area (Å²) in [4.78, 5) is 17.7. The molecule has 11 heteroatoms. The molecule has 0 atom stereocenters. The first kappa shape index (κ1) is 24.7. The Morgan fingerprint density at radius 2 is 1.83 bits per heavy atom. The third-order valence-corrected chi connectivity index (χ3v) is 7.65. The maximum atomic E-state index is 12.6. The molecule has 1 amide bonds. The van der Waals surface area contributed by atoms with Gasteiger partial charge in [0.15, 0.2) is 11.5 Å². The van der Waals surface area contributed by atoms with E-state index in [0.29, 0.717) is 30.3 Å². The van der Waals surface area contributed by atoms with E-state index < -0.39 is 15.7 Å². The fourth-order valence-corrected chi connectivity index (χ4v) is 5.31. The van der Waals surface area contributed by atoms with Gasteiger partial charge in [0.25, 0.3) is 5.91 Å². The number of nitrogens with zero attached hydrogens (tertiary/aromatic N) is 3. The summed E-state index contributed by atoms with van der Waals surface area (Å²) in [5.74, 6) is -0.0897. The Balaban J connectivity index is 1.61. The van der Waals surface area contributed by atoms with Crippen LogP contribution in [0.1, 0.15) is 30.5 Å². The number of hydrogen-bond donors (Lipinski definition) is 1. The highest BCUT2D eigenvalue weighted by molar-refractivity contribution is 8.16. The molecule has 2 aliphatic rings. The number of sulfone groups is 1. The number of carbonyl (C=O) groups is 1. The summed E-state index contributed by atoms with van der Waals surface area (Å²) < 4.78 is 40.4. The lowest BCUT2D eigenvalue weighted by Crippen LogP contribution is -2.45. The first-order chi connectivity index (χ1) is 16.7. The quantitative estimate of drug-likeness (QED) is 0.440. The van der Waals surface area contributed by atoms with E-state index in [0.717, 1.165) is 22.4 Å². The van der Waals surface area contributed by atoms with Gasteiger partial charge in [-0.15, -0.1) is 0 Å². The van der Waals surface area contributed by atoms with E-state index in [1.807, 2.05) is 38.1 Å². The Bertz CT molecular complexity index is 1380. The number of aryl methyl sites for hydroxylation is 1. The fraction of sp³-hybridized carbons (Fsp3) is 0.250. The molecule has 0 aromatic heterocycles. The lowest BCUT2D eigenvalue weighted by atomic mass is 10.1. The van der Waals surface area contributed by atoms with Crippen molar-refractivity contribution in [2.75, 3.05) is 12.4 Å². The van der Waals surface area contributed by atoms with Crippen LogP contribution in [0.5, 0.6) is 11.5 Å². The molecule has 0 radical (unpaired) electrons. The maximum Gasteiger partial charge on any atom is 0.283 e. The molecule has 0 unspecified atom stereocenters. The summed E-state index contributed by atoms with van der Waals surface area (Å²) in [6, 6.07) is 13.2. The Hall–Kier alpha value is -3.44. The van der Waals surface area contributed by atoms with Crippen molar-refractivity contribution in [1.29, 1.82) is 5.41 Å². The minimum Gasteiger partial charge on any atom is -0.490 e. The van der Waals surface area contributed by atoms with Crippen LogP contribution in [0.15, 0.2) is 57.4 Å². The minimum atomic E-state index is -3.71. The normalized spacial score (nSPS) is 16.8. The Labute approximate surface area is 208 Å². The largest absolute Gasteiger partial charge is 0.490 e. The number of amides is 1. The van der Waals surface area contributed by atoms with E-state index in [1.54, 1.807) is 18.2 Å². The maximum absolute atomic E-state index is 12.6. The minimum absolute atomic E-state index is 0.0500. The van der Waals surface area contributed by atoms with Crippen LogP contribution in [0.3, 0.4) is 0 Å². The van der Waals surface area contributed by atoms with Gasteiger partial charge in [-0.2, -0.15) is 9.39 Å². The second kappa shape index (κ2) is 10.0. The molecule has 1 N–H and O–H groups in total. The lowest BCUT2D eigenvalue weighted by Gasteiger charge is -2.24. The van der Waals surface area contributed by atoms with Crippen LogP contribution in [0.4, 0.5) is 0 Å². The number of carbonyl (C=O) groups excluding carboxylic acids is 1. The van der Waals surface area contributed by atoms with Crippen LogP contribution in [-0.4, -0.2) is 47.8 Å². The highest BCUT2D eigenvalue weighted by atomic mass is 32.2. The predicted octanol–water partition coefficient (Wildman–Crippen LogP) is 3.98. The number of aliphatic imine (C=N–C) groups is 1. The molecule has 0 spiro atoms. The number of nitrogens with one attached hydrogen (secondary N) is 1. The Morgan fingerprint density at radius 3 is 2.51 bits per heavy atom. The van der Waals surface area contributed by atoms with Crippen molar-refractivity contribution in [3.63, 3.8) is 0 Å². The molecule has 4 rings (SSSR count). The van der Waals surface area contributed by atoms with Crippen molar-refractivity contribution in [2.24, 2.45) is 9.39 Å². The van der Waals surface area contributed by atoms with Gasteiger partial charge in [0.2, 0.25) is 20.2 Å². The third kappa shape index (κ3) is 5.15. The second-order valence-electron chi connectivity index (χ2n) is 7.72. The predicted molar refractivity (Wildman–Crippen MR) is 138 cm³/mol. The van der Waals surface area contributed by atoms with Gasteiger partial charge in [-0.1, -0.05) is 42.8 Å². The monoisotopic (exact) mass is 512 g/mol. The zero-order chi connectivity index (χ0) is 25.2. The van der Waals surface area contributed by atoms with Crippen molar-refractivity contribution in [3.05, 3.63) is 64.7 Å². The summed E-state index contributed by atoms with van der Waals surface area (Å²) in [5.41, 5.74) is 2.71. The summed E-state index contributed by atoms with van der Waals surface area (Å²) in [5, 5.41) is 8.30. The molecule has 0 saturated heterocycles. The number of ether oxygens (including phenoxy) is 2. The van der Waals surface area contributed by atoms with Gasteiger partial charge in [-0.3, -0.25) is 10.2 Å². The summed E-state index contributed by atoms with van der Waals surface area (Å²) >= 11 is 0.767. The third-order valence-electron chi connectivity index (χ3n) is 5.25. The van der Waals surface area contributed by atoms with E-state index in [2.05, 4.69) is 9.39 Å². The molecule has 2 heterocycles. The number of rotatable bonds is 7. The van der Waals surface area contributed by atoms with Gasteiger partial charge >= 0.3 is 0 Å². The molecular weight excluding hydrogens is 488 g/mol. The topological polar surface area (TPSA) is 121 Å². The van der Waals surface area contributed by atoms with Gasteiger partial charge in [-0.05, 0) is 43.2 Å². The molecule has 0 aliphatic carbocycles. The Kier molecular flexibility index (Phi) is 7.08. The average Bonchev–Trinajstić information content (AvgIpc) is 3.27. The highest BCUT2D eigenvalue weighted by Crippen LogP contribution is 2.33. The van der Waals surface area contributed by atoms with E-state index >= 15 is 0 Å². The van der Waals surface area contributed by atoms with Gasteiger partial charge in [-0.25, -0.2) is 13.3 Å². The van der Waals surface area contributed by atoms with Crippen LogP contribution in [0, 0.1) is 12.3 Å². The molecule has 2 aliphatic heterocycles. The molecular formula is C24H24N4O5S2. The summed E-state index contributed by atoms with van der Waals surface area (Å²) in [7, 11) is -3.71. The smallest absolute Gasteiger partial charge is 0.283 e. The molecule has 0 bridgehead atoms. The number of amidine groups is 3. The standard InChI is InChI=1S/C24H24N4O5S2/c1-4-32-20-13-17(10-11-19(20)33-14-16-8-6-15(3)7-9-16)12-18-21(25)28-23(26-22(18)29)34-27-24(28)35(30,31)5-2/h6-13,25H,4-5,14H2,1-3H3/b18-12-,25-21?. The van der Waals surface area contributed by atoms with Crippen LogP contribution in [-0.2, 0) is 21.2 Å². The number of hydrogen-bond acceptors (Lipinski definition) is 8. The zero-order valence-electron chi connectivity index (χ0n) is 19.4. The number of fused-ring (bicyclic) bond motifs is 1. The van der Waals surface area contributed by atoms with E-state index in [-0.39, 0.29) is 27.5 Å². The van der Waals surface area contributed by atoms with Gasteiger partial charge in [0.1, 0.15) is 12.4 Å². The lowest BCUT2D eigenvalue weighted by molar-refractivity contribution is -0.114. The molecule has 2 aromatic carbocycles. The fourth-order valence-electron chi connectivity index (χ4n) is 3.34. The van der Waals surface area contributed by atoms with Crippen molar-refractivity contribution in [1.82, 2.24) is 4.90 Å². The molecule has 182 valence electrons. The molecule has 0 saturated carbocycles. The Morgan fingerprint density at radius 1 is 1.09 bits per heavy atom. The van der Waals surface area contributed by atoms with Crippen molar-refractivity contribution < 1.29 is 22.7 Å². The SMILES string of the molecule is CCOc1cc(/C=C2/C(=N)N3C(=NC2=O)SN=C3S(=O)(=O)CC)ccc1OCc1ccc(C)cc1. The molecule has 0 fully saturated rings. The summed E-state index contributed by atoms with van der Waals surface area (Å²) in [6.07, 6.45) is 1.48. The molecule has 2 aromatic rings. The van der Waals surface area contributed by atoms with Crippen molar-refractivity contribution in [3.8, 4) is 11.5 Å². The van der Waals surface area contributed by atoms with E-state index in [9.17, 15) is 13.2 Å². The number of benzene rings is 2. The molecule has 35 heavy (non-hydrogen) atoms. The van der Waals surface area contributed by atoms with Crippen molar-refractivity contribution in [2.45, 2.75) is 27.4 Å². The van der Waals surface area contributed by atoms with Crippen LogP contribution in [0.2, 0.25) is 0 Å². The zero-order valence-corrected chi connectivity index (χ0v) is 21.1. The highest BCUT2D eigenvalue weighted by Gasteiger charge is 2.42. The van der Waals surface area contributed by atoms with E-state index in [1.165, 1.54) is 18.6 Å². The van der Waals surface area contributed by atoms with Crippen molar-refractivity contribution >= 4 is 49.9 Å². The van der Waals surface area contributed by atoms with Crippen LogP contribution >= 0.6 is 11.9 Å². The van der Waals surface area contributed by atoms with E-state index in [4.69, 9.17) is 14.9 Å². The van der Waals surface area contributed by atoms with Gasteiger partial charge in [0, 0.05) is 0 Å². The first-order valence-corrected chi connectivity index (χ1v) is 13.3. The molecule has 9 nitrogen and oxygen atoms in total. The van der Waals surface area contributed by atoms with Crippen LogP contribution < -0.4 is 9.47 Å². The van der Waals surface area contributed by atoms with Gasteiger partial charge in [0.05, 0.1) is 29.9 Å². The second-order valence-corrected chi connectivity index (χ2v) is 10.6.